The van der Waals surface area contributed by atoms with Crippen LogP contribution in [0.2, 0.25) is 0 Å². The average Bonchev–Trinajstić information content (AvgIpc) is 2.46. The Kier molecular flexibility index (Phi) is 5.48. The molecule has 3 N–H and O–H groups in total. The molecule has 0 aliphatic heterocycles. The first kappa shape index (κ1) is 16.7. The second-order valence-corrected chi connectivity index (χ2v) is 5.58. The lowest BCUT2D eigenvalue weighted by Crippen LogP contribution is -2.45. The van der Waals surface area contributed by atoms with E-state index >= 15 is 0 Å². The highest BCUT2D eigenvalue weighted by Gasteiger charge is 2.05. The van der Waals surface area contributed by atoms with E-state index in [1.54, 1.807) is 18.3 Å². The number of nitrogens with one attached hydrogen (secondary N) is 3. The summed E-state index contributed by atoms with van der Waals surface area (Å²) in [6.45, 7) is 3.90. The van der Waals surface area contributed by atoms with Crippen molar-refractivity contribution in [3.63, 3.8) is 0 Å². The highest BCUT2D eigenvalue weighted by atomic mass is 32.1. The normalized spacial score (nSPS) is 10.0. The lowest BCUT2D eigenvalue weighted by molar-refractivity contribution is -0.122. The molecule has 1 heterocycles. The summed E-state index contributed by atoms with van der Waals surface area (Å²) in [5.74, 6) is -0.372. The summed E-state index contributed by atoms with van der Waals surface area (Å²) >= 11 is 5.13. The number of nitrogens with zero attached hydrogens (tertiary/aromatic N) is 1. The number of aromatic nitrogens is 1. The molecular formula is C16H18N4O2S. The Labute approximate surface area is 139 Å². The number of carbonyl (C=O) groups excluding carboxylic acids is 1. The van der Waals surface area contributed by atoms with E-state index in [-0.39, 0.29) is 23.1 Å². The Bertz CT molecular complexity index is 765. The van der Waals surface area contributed by atoms with Gasteiger partial charge in [0.25, 0.3) is 11.5 Å². The minimum absolute atomic E-state index is 0.0845. The van der Waals surface area contributed by atoms with Gasteiger partial charge in [-0.3, -0.25) is 20.4 Å². The van der Waals surface area contributed by atoms with E-state index in [0.717, 1.165) is 16.8 Å². The molecule has 2 aromatic rings. The maximum Gasteiger partial charge on any atom is 0.258 e. The van der Waals surface area contributed by atoms with Crippen LogP contribution < -0.4 is 21.7 Å². The third-order valence-electron chi connectivity index (χ3n) is 3.01. The van der Waals surface area contributed by atoms with Crippen LogP contribution in [0.25, 0.3) is 0 Å². The largest absolute Gasteiger partial charge is 0.331 e. The van der Waals surface area contributed by atoms with Gasteiger partial charge in [0.2, 0.25) is 0 Å². The van der Waals surface area contributed by atoms with E-state index in [0.29, 0.717) is 0 Å². The Hall–Kier alpha value is -2.67. The van der Waals surface area contributed by atoms with Crippen LogP contribution in [0.3, 0.4) is 0 Å². The first-order valence-electron chi connectivity index (χ1n) is 7.03. The fourth-order valence-electron chi connectivity index (χ4n) is 2.12. The smallest absolute Gasteiger partial charge is 0.258 e. The quantitative estimate of drug-likeness (QED) is 0.587. The lowest BCUT2D eigenvalue weighted by atomic mass is 10.1. The van der Waals surface area contributed by atoms with Gasteiger partial charge in [0, 0.05) is 18.0 Å². The summed E-state index contributed by atoms with van der Waals surface area (Å²) < 4.78 is 1.30. The third-order valence-corrected chi connectivity index (χ3v) is 3.21. The number of carbonyl (C=O) groups is 1. The van der Waals surface area contributed by atoms with Crippen molar-refractivity contribution in [2.45, 2.75) is 20.4 Å². The number of pyridine rings is 1. The van der Waals surface area contributed by atoms with Crippen molar-refractivity contribution in [1.82, 2.24) is 15.4 Å². The minimum atomic E-state index is -0.372. The number of hydrazine groups is 1. The molecular weight excluding hydrogens is 312 g/mol. The van der Waals surface area contributed by atoms with Crippen LogP contribution >= 0.6 is 12.2 Å². The van der Waals surface area contributed by atoms with E-state index < -0.39 is 0 Å². The Morgan fingerprint density at radius 2 is 1.83 bits per heavy atom. The molecule has 1 aromatic carbocycles. The molecule has 0 bridgehead atoms. The molecule has 0 saturated carbocycles. The van der Waals surface area contributed by atoms with Gasteiger partial charge in [-0.05, 0) is 55.4 Å². The molecule has 1 amide bonds. The molecule has 0 fully saturated rings. The maximum absolute atomic E-state index is 11.8. The van der Waals surface area contributed by atoms with Crippen LogP contribution in [0.5, 0.6) is 0 Å². The predicted molar refractivity (Wildman–Crippen MR) is 94.1 cm³/mol. The molecule has 23 heavy (non-hydrogen) atoms. The van der Waals surface area contributed by atoms with Crippen LogP contribution in [0.15, 0.2) is 47.4 Å². The van der Waals surface area contributed by atoms with E-state index in [1.165, 1.54) is 10.6 Å². The van der Waals surface area contributed by atoms with Gasteiger partial charge in [-0.1, -0.05) is 12.1 Å². The summed E-state index contributed by atoms with van der Waals surface area (Å²) in [4.78, 5) is 23.3. The van der Waals surface area contributed by atoms with Crippen molar-refractivity contribution in [2.24, 2.45) is 0 Å². The third kappa shape index (κ3) is 5.23. The van der Waals surface area contributed by atoms with Gasteiger partial charge >= 0.3 is 0 Å². The number of aryl methyl sites for hydroxylation is 2. The highest BCUT2D eigenvalue weighted by Crippen LogP contribution is 2.13. The Morgan fingerprint density at radius 3 is 2.48 bits per heavy atom. The molecule has 0 aliphatic carbocycles. The van der Waals surface area contributed by atoms with Gasteiger partial charge < -0.3 is 9.88 Å². The monoisotopic (exact) mass is 330 g/mol. The molecule has 0 radical (unpaired) electrons. The van der Waals surface area contributed by atoms with Gasteiger partial charge in [0.1, 0.15) is 6.54 Å². The summed E-state index contributed by atoms with van der Waals surface area (Å²) in [7, 11) is 0. The molecule has 0 spiro atoms. The second kappa shape index (κ2) is 7.55. The fourth-order valence-corrected chi connectivity index (χ4v) is 2.29. The molecule has 2 rings (SSSR count). The zero-order valence-corrected chi connectivity index (χ0v) is 13.7. The zero-order chi connectivity index (χ0) is 16.8. The SMILES string of the molecule is Cc1cc(C)cc(NC(=S)NNC(=O)Cn2ccccc2=O)c1. The van der Waals surface area contributed by atoms with Crippen molar-refractivity contribution < 1.29 is 4.79 Å². The van der Waals surface area contributed by atoms with Crippen LogP contribution in [0.4, 0.5) is 5.69 Å². The fraction of sp³-hybridized carbons (Fsp3) is 0.188. The number of hydrogen-bond donors (Lipinski definition) is 3. The molecule has 0 unspecified atom stereocenters. The number of hydrogen-bond acceptors (Lipinski definition) is 3. The van der Waals surface area contributed by atoms with Crippen LogP contribution in [0, 0.1) is 13.8 Å². The standard InChI is InChI=1S/C16H18N4O2S/c1-11-7-12(2)9-13(8-11)17-16(23)19-18-14(21)10-20-6-4-3-5-15(20)22/h3-9H,10H2,1-2H3,(H,18,21)(H2,17,19,23). The van der Waals surface area contributed by atoms with Gasteiger partial charge in [0.15, 0.2) is 5.11 Å². The first-order chi connectivity index (χ1) is 10.9. The molecule has 1 aromatic heterocycles. The van der Waals surface area contributed by atoms with E-state index in [2.05, 4.69) is 22.2 Å². The van der Waals surface area contributed by atoms with E-state index in [4.69, 9.17) is 12.2 Å². The number of amides is 1. The van der Waals surface area contributed by atoms with Crippen LogP contribution in [-0.4, -0.2) is 15.6 Å². The van der Waals surface area contributed by atoms with Crippen molar-refractivity contribution >= 4 is 28.9 Å². The van der Waals surface area contributed by atoms with Gasteiger partial charge in [0.05, 0.1) is 0 Å². The van der Waals surface area contributed by atoms with Crippen molar-refractivity contribution in [2.75, 3.05) is 5.32 Å². The highest BCUT2D eigenvalue weighted by molar-refractivity contribution is 7.80. The summed E-state index contributed by atoms with van der Waals surface area (Å²) in [6.07, 6.45) is 1.55. The molecule has 6 nitrogen and oxygen atoms in total. The van der Waals surface area contributed by atoms with Gasteiger partial charge in [-0.25, -0.2) is 0 Å². The average molecular weight is 330 g/mol. The number of rotatable bonds is 3. The summed E-state index contributed by atoms with van der Waals surface area (Å²) in [5, 5.41) is 3.26. The number of anilines is 1. The topological polar surface area (TPSA) is 75.2 Å². The molecule has 0 atom stereocenters. The Morgan fingerprint density at radius 1 is 1.13 bits per heavy atom. The first-order valence-corrected chi connectivity index (χ1v) is 7.44. The maximum atomic E-state index is 11.8. The number of thiocarbonyl (C=S) groups is 1. The van der Waals surface area contributed by atoms with Gasteiger partial charge in [-0.2, -0.15) is 0 Å². The van der Waals surface area contributed by atoms with Gasteiger partial charge in [-0.15, -0.1) is 0 Å². The van der Waals surface area contributed by atoms with Crippen molar-refractivity contribution in [1.29, 1.82) is 0 Å². The van der Waals surface area contributed by atoms with E-state index in [1.807, 2.05) is 26.0 Å². The Balaban J connectivity index is 1.85. The second-order valence-electron chi connectivity index (χ2n) is 5.17. The van der Waals surface area contributed by atoms with Crippen LogP contribution in [-0.2, 0) is 11.3 Å². The van der Waals surface area contributed by atoms with Crippen LogP contribution in [0.1, 0.15) is 11.1 Å². The molecule has 0 saturated heterocycles. The minimum Gasteiger partial charge on any atom is -0.331 e. The molecule has 120 valence electrons. The van der Waals surface area contributed by atoms with Crippen molar-refractivity contribution in [3.8, 4) is 0 Å². The molecule has 7 heteroatoms. The molecule has 0 aliphatic rings. The zero-order valence-electron chi connectivity index (χ0n) is 12.9. The van der Waals surface area contributed by atoms with Crippen molar-refractivity contribution in [3.05, 3.63) is 64.1 Å². The summed E-state index contributed by atoms with van der Waals surface area (Å²) in [6, 6.07) is 10.7. The number of benzene rings is 1. The lowest BCUT2D eigenvalue weighted by Gasteiger charge is -2.13. The predicted octanol–water partition coefficient (Wildman–Crippen LogP) is 1.48. The van der Waals surface area contributed by atoms with E-state index in [9.17, 15) is 9.59 Å². The summed E-state index contributed by atoms with van der Waals surface area (Å²) in [5.41, 5.74) is 7.90.